The summed E-state index contributed by atoms with van der Waals surface area (Å²) in [7, 11) is 0. The van der Waals surface area contributed by atoms with Gasteiger partial charge in [-0.15, -0.1) is 0 Å². The van der Waals surface area contributed by atoms with E-state index in [1.807, 2.05) is 76.2 Å². The van der Waals surface area contributed by atoms with Crippen molar-refractivity contribution < 1.29 is 14.3 Å². The first-order valence-electron chi connectivity index (χ1n) is 9.19. The summed E-state index contributed by atoms with van der Waals surface area (Å²) >= 11 is 0. The van der Waals surface area contributed by atoms with Gasteiger partial charge in [0.25, 0.3) is 5.91 Å². The van der Waals surface area contributed by atoms with E-state index in [0.29, 0.717) is 12.2 Å². The molecular formula is C22H27NO3. The van der Waals surface area contributed by atoms with Crippen LogP contribution in [0.25, 0.3) is 0 Å². The summed E-state index contributed by atoms with van der Waals surface area (Å²) in [6.45, 7) is 8.07. The average molecular weight is 353 g/mol. The van der Waals surface area contributed by atoms with Gasteiger partial charge in [-0.3, -0.25) is 4.79 Å². The fourth-order valence-electron chi connectivity index (χ4n) is 3.30. The van der Waals surface area contributed by atoms with E-state index in [1.165, 1.54) is 0 Å². The van der Waals surface area contributed by atoms with E-state index < -0.39 is 6.10 Å². The molecule has 0 spiro atoms. The standard InChI is InChI=1S/C22H27NO3/c1-5-19(25-16-12-10-15(2)11-13-16)21(24)23-18-14-22(3,4)26-20-9-7-6-8-17(18)20/h6-13,18-19H,5,14H2,1-4H3,(H,23,24). The van der Waals surface area contributed by atoms with Gasteiger partial charge in [-0.05, 0) is 45.4 Å². The fraction of sp³-hybridized carbons (Fsp3) is 0.409. The van der Waals surface area contributed by atoms with Crippen LogP contribution in [-0.2, 0) is 4.79 Å². The number of fused-ring (bicyclic) bond motifs is 1. The molecule has 0 bridgehead atoms. The van der Waals surface area contributed by atoms with E-state index in [2.05, 4.69) is 5.32 Å². The normalized spacial score (nSPS) is 19.0. The molecule has 0 saturated heterocycles. The first kappa shape index (κ1) is 18.3. The third-order valence-corrected chi connectivity index (χ3v) is 4.66. The maximum atomic E-state index is 12.9. The molecule has 4 heteroatoms. The Morgan fingerprint density at radius 1 is 1.23 bits per heavy atom. The van der Waals surface area contributed by atoms with Crippen LogP contribution in [0.1, 0.15) is 50.8 Å². The van der Waals surface area contributed by atoms with Crippen LogP contribution in [-0.4, -0.2) is 17.6 Å². The molecule has 0 fully saturated rings. The maximum Gasteiger partial charge on any atom is 0.261 e. The van der Waals surface area contributed by atoms with Gasteiger partial charge in [0.05, 0.1) is 6.04 Å². The lowest BCUT2D eigenvalue weighted by Crippen LogP contribution is -2.45. The molecule has 3 rings (SSSR count). The summed E-state index contributed by atoms with van der Waals surface area (Å²) in [5.74, 6) is 1.46. The number of rotatable bonds is 5. The minimum atomic E-state index is -0.518. The average Bonchev–Trinajstić information content (AvgIpc) is 2.60. The SMILES string of the molecule is CCC(Oc1ccc(C)cc1)C(=O)NC1CC(C)(C)Oc2ccccc21. The number of ether oxygens (including phenoxy) is 2. The lowest BCUT2D eigenvalue weighted by molar-refractivity contribution is -0.129. The highest BCUT2D eigenvalue weighted by Gasteiger charge is 2.35. The molecule has 0 aromatic heterocycles. The van der Waals surface area contributed by atoms with Crippen LogP contribution >= 0.6 is 0 Å². The predicted octanol–water partition coefficient (Wildman–Crippen LogP) is 4.57. The molecule has 1 heterocycles. The van der Waals surface area contributed by atoms with E-state index in [9.17, 15) is 4.79 Å². The molecule has 1 aliphatic rings. The van der Waals surface area contributed by atoms with Gasteiger partial charge in [-0.1, -0.05) is 42.8 Å². The van der Waals surface area contributed by atoms with E-state index >= 15 is 0 Å². The van der Waals surface area contributed by atoms with Crippen molar-refractivity contribution in [3.05, 3.63) is 59.7 Å². The van der Waals surface area contributed by atoms with E-state index in [4.69, 9.17) is 9.47 Å². The zero-order valence-electron chi connectivity index (χ0n) is 15.9. The Bertz CT molecular complexity index is 767. The second kappa shape index (κ2) is 7.40. The lowest BCUT2D eigenvalue weighted by atomic mass is 9.89. The predicted molar refractivity (Wildman–Crippen MR) is 103 cm³/mol. The molecular weight excluding hydrogens is 326 g/mol. The molecule has 1 aliphatic heterocycles. The Hall–Kier alpha value is -2.49. The van der Waals surface area contributed by atoms with Crippen LogP contribution in [0.3, 0.4) is 0 Å². The molecule has 26 heavy (non-hydrogen) atoms. The van der Waals surface area contributed by atoms with Crippen molar-refractivity contribution in [2.24, 2.45) is 0 Å². The summed E-state index contributed by atoms with van der Waals surface area (Å²) in [5, 5.41) is 3.17. The van der Waals surface area contributed by atoms with Crippen LogP contribution in [0.2, 0.25) is 0 Å². The summed E-state index contributed by atoms with van der Waals surface area (Å²) in [6, 6.07) is 15.6. The minimum Gasteiger partial charge on any atom is -0.487 e. The van der Waals surface area contributed by atoms with Gasteiger partial charge in [-0.25, -0.2) is 0 Å². The number of amides is 1. The quantitative estimate of drug-likeness (QED) is 0.856. The van der Waals surface area contributed by atoms with Crippen molar-refractivity contribution in [2.45, 2.75) is 58.3 Å². The Morgan fingerprint density at radius 2 is 1.92 bits per heavy atom. The molecule has 4 nitrogen and oxygen atoms in total. The number of aryl methyl sites for hydroxylation is 1. The number of para-hydroxylation sites is 1. The van der Waals surface area contributed by atoms with Crippen molar-refractivity contribution in [3.8, 4) is 11.5 Å². The maximum absolute atomic E-state index is 12.9. The zero-order chi connectivity index (χ0) is 18.7. The smallest absolute Gasteiger partial charge is 0.261 e. The third-order valence-electron chi connectivity index (χ3n) is 4.66. The highest BCUT2D eigenvalue weighted by atomic mass is 16.5. The van der Waals surface area contributed by atoms with Gasteiger partial charge in [0.2, 0.25) is 0 Å². The molecule has 138 valence electrons. The molecule has 0 aliphatic carbocycles. The molecule has 2 atom stereocenters. The van der Waals surface area contributed by atoms with Gasteiger partial charge in [0, 0.05) is 12.0 Å². The summed E-state index contributed by atoms with van der Waals surface area (Å²) in [5.41, 5.74) is 1.85. The van der Waals surface area contributed by atoms with E-state index in [-0.39, 0.29) is 17.6 Å². The van der Waals surface area contributed by atoms with Gasteiger partial charge in [0.1, 0.15) is 17.1 Å². The molecule has 2 unspecified atom stereocenters. The number of nitrogens with one attached hydrogen (secondary N) is 1. The van der Waals surface area contributed by atoms with Crippen LogP contribution in [0.4, 0.5) is 0 Å². The topological polar surface area (TPSA) is 47.6 Å². The van der Waals surface area contributed by atoms with Gasteiger partial charge < -0.3 is 14.8 Å². The Labute approximate surface area is 155 Å². The van der Waals surface area contributed by atoms with E-state index in [0.717, 1.165) is 23.3 Å². The number of benzene rings is 2. The lowest BCUT2D eigenvalue weighted by Gasteiger charge is -2.38. The number of hydrogen-bond acceptors (Lipinski definition) is 3. The third kappa shape index (κ3) is 4.18. The van der Waals surface area contributed by atoms with Crippen molar-refractivity contribution in [2.75, 3.05) is 0 Å². The van der Waals surface area contributed by atoms with Crippen molar-refractivity contribution in [3.63, 3.8) is 0 Å². The molecule has 2 aromatic carbocycles. The second-order valence-electron chi connectivity index (χ2n) is 7.49. The van der Waals surface area contributed by atoms with Crippen molar-refractivity contribution in [1.29, 1.82) is 0 Å². The number of carbonyl (C=O) groups excluding carboxylic acids is 1. The highest BCUT2D eigenvalue weighted by molar-refractivity contribution is 5.81. The van der Waals surface area contributed by atoms with E-state index in [1.54, 1.807) is 0 Å². The first-order valence-corrected chi connectivity index (χ1v) is 9.19. The Kier molecular flexibility index (Phi) is 5.21. The zero-order valence-corrected chi connectivity index (χ0v) is 15.9. The Morgan fingerprint density at radius 3 is 2.62 bits per heavy atom. The molecule has 0 radical (unpaired) electrons. The van der Waals surface area contributed by atoms with Crippen LogP contribution in [0.15, 0.2) is 48.5 Å². The second-order valence-corrected chi connectivity index (χ2v) is 7.49. The van der Waals surface area contributed by atoms with Gasteiger partial charge in [-0.2, -0.15) is 0 Å². The summed E-state index contributed by atoms with van der Waals surface area (Å²) in [4.78, 5) is 12.9. The Balaban J connectivity index is 1.74. The number of hydrogen-bond donors (Lipinski definition) is 1. The molecule has 0 saturated carbocycles. The molecule has 2 aromatic rings. The summed E-state index contributed by atoms with van der Waals surface area (Å²) in [6.07, 6.45) is 0.806. The highest BCUT2D eigenvalue weighted by Crippen LogP contribution is 2.39. The van der Waals surface area contributed by atoms with Crippen LogP contribution in [0, 0.1) is 6.92 Å². The first-order chi connectivity index (χ1) is 12.4. The van der Waals surface area contributed by atoms with Crippen molar-refractivity contribution in [1.82, 2.24) is 5.32 Å². The van der Waals surface area contributed by atoms with Gasteiger partial charge >= 0.3 is 0 Å². The monoisotopic (exact) mass is 353 g/mol. The largest absolute Gasteiger partial charge is 0.487 e. The number of carbonyl (C=O) groups is 1. The minimum absolute atomic E-state index is 0.0851. The molecule has 1 amide bonds. The molecule has 1 N–H and O–H groups in total. The van der Waals surface area contributed by atoms with Crippen LogP contribution < -0.4 is 14.8 Å². The van der Waals surface area contributed by atoms with Crippen molar-refractivity contribution >= 4 is 5.91 Å². The van der Waals surface area contributed by atoms with Gasteiger partial charge in [0.15, 0.2) is 6.10 Å². The summed E-state index contributed by atoms with van der Waals surface area (Å²) < 4.78 is 12.0. The van der Waals surface area contributed by atoms with Crippen LogP contribution in [0.5, 0.6) is 11.5 Å². The fourth-order valence-corrected chi connectivity index (χ4v) is 3.30.